The molecule has 5 heteroatoms. The van der Waals surface area contributed by atoms with E-state index in [4.69, 9.17) is 0 Å². The Morgan fingerprint density at radius 3 is 2.05 bits per heavy atom. The summed E-state index contributed by atoms with van der Waals surface area (Å²) in [6.45, 7) is 3.98. The van der Waals surface area contributed by atoms with Crippen LogP contribution in [0.2, 0.25) is 0 Å². The molecule has 116 valence electrons. The number of halogens is 2. The third-order valence-electron chi connectivity index (χ3n) is 5.58. The van der Waals surface area contributed by atoms with Gasteiger partial charge >= 0.3 is 0 Å². The minimum atomic E-state index is -0.142. The Bertz CT molecular complexity index is 657. The molecular weight excluding hydrogens is 410 g/mol. The monoisotopic (exact) mass is 425 g/mol. The Morgan fingerprint density at radius 1 is 1.00 bits per heavy atom. The highest BCUT2D eigenvalue weighted by Gasteiger charge is 2.66. The van der Waals surface area contributed by atoms with Crippen LogP contribution in [0.15, 0.2) is 18.2 Å². The van der Waals surface area contributed by atoms with E-state index in [0.717, 1.165) is 23.2 Å². The summed E-state index contributed by atoms with van der Waals surface area (Å²) in [6.07, 6.45) is 0.972. The van der Waals surface area contributed by atoms with Crippen LogP contribution >= 0.6 is 31.9 Å². The largest absolute Gasteiger partial charge is 0.274 e. The predicted molar refractivity (Wildman–Crippen MR) is 92.4 cm³/mol. The summed E-state index contributed by atoms with van der Waals surface area (Å²) in [5.74, 6) is 0.252. The Labute approximate surface area is 146 Å². The molecule has 3 nitrogen and oxygen atoms in total. The minimum absolute atomic E-state index is 0.00157. The summed E-state index contributed by atoms with van der Waals surface area (Å²) in [5, 5.41) is 0. The number of hydrogen-bond acceptors (Lipinski definition) is 2. The molecule has 6 atom stereocenters. The van der Waals surface area contributed by atoms with Gasteiger partial charge in [0.2, 0.25) is 11.8 Å². The highest BCUT2D eigenvalue weighted by molar-refractivity contribution is 9.12. The number of nitrogens with zero attached hydrogens (tertiary/aromatic N) is 1. The number of imide groups is 1. The highest BCUT2D eigenvalue weighted by Crippen LogP contribution is 2.60. The van der Waals surface area contributed by atoms with E-state index >= 15 is 0 Å². The number of carbonyl (C=O) groups is 2. The van der Waals surface area contributed by atoms with E-state index in [1.807, 2.05) is 32.0 Å². The maximum absolute atomic E-state index is 12.9. The van der Waals surface area contributed by atoms with Gasteiger partial charge in [0.25, 0.3) is 0 Å². The van der Waals surface area contributed by atoms with Gasteiger partial charge in [-0.2, -0.15) is 0 Å². The summed E-state index contributed by atoms with van der Waals surface area (Å²) in [7, 11) is 0. The molecule has 3 aliphatic rings. The summed E-state index contributed by atoms with van der Waals surface area (Å²) < 4.78 is 0. The maximum Gasteiger partial charge on any atom is 0.238 e. The second-order valence-electron chi connectivity index (χ2n) is 6.81. The third-order valence-corrected chi connectivity index (χ3v) is 8.79. The number of aryl methyl sites for hydroxylation is 2. The molecule has 4 rings (SSSR count). The summed E-state index contributed by atoms with van der Waals surface area (Å²) >= 11 is 7.43. The average Bonchev–Trinajstić information content (AvgIpc) is 3.06. The van der Waals surface area contributed by atoms with Gasteiger partial charge in [0, 0.05) is 9.65 Å². The first kappa shape index (κ1) is 14.9. The molecule has 2 amide bonds. The van der Waals surface area contributed by atoms with E-state index in [9.17, 15) is 9.59 Å². The first-order chi connectivity index (χ1) is 10.4. The average molecular weight is 427 g/mol. The van der Waals surface area contributed by atoms with Gasteiger partial charge in [0.1, 0.15) is 0 Å². The van der Waals surface area contributed by atoms with Crippen LogP contribution in [0.5, 0.6) is 0 Å². The number of hydrogen-bond donors (Lipinski definition) is 0. The smallest absolute Gasteiger partial charge is 0.238 e. The van der Waals surface area contributed by atoms with Gasteiger partial charge in [-0.15, -0.1) is 0 Å². The van der Waals surface area contributed by atoms with Crippen molar-refractivity contribution in [3.8, 4) is 0 Å². The molecule has 2 saturated carbocycles. The number of alkyl halides is 2. The number of anilines is 1. The van der Waals surface area contributed by atoms with Crippen LogP contribution < -0.4 is 4.90 Å². The minimum Gasteiger partial charge on any atom is -0.274 e. The standard InChI is InChI=1S/C17H17Br2NO2/c1-7-3-4-11(8(2)5-7)20-16(21)12-9-6-10(13(12)17(20)22)15(19)14(9)18/h3-5,9-10,12-15H,6H2,1-2H3/t9-,10-,12-,13-,14-,15+/m1/s1. The lowest BCUT2D eigenvalue weighted by Gasteiger charge is -2.28. The maximum atomic E-state index is 12.9. The first-order valence-electron chi connectivity index (χ1n) is 7.65. The summed E-state index contributed by atoms with van der Waals surface area (Å²) in [5.41, 5.74) is 2.88. The second kappa shape index (κ2) is 4.91. The lowest BCUT2D eigenvalue weighted by molar-refractivity contribution is -0.123. The molecule has 0 N–H and O–H groups in total. The molecule has 0 spiro atoms. The molecule has 1 aromatic carbocycles. The molecule has 22 heavy (non-hydrogen) atoms. The van der Waals surface area contributed by atoms with Crippen LogP contribution in [0.3, 0.4) is 0 Å². The van der Waals surface area contributed by atoms with Gasteiger partial charge in [-0.25, -0.2) is 4.90 Å². The molecule has 2 aliphatic carbocycles. The van der Waals surface area contributed by atoms with Crippen LogP contribution in [0.25, 0.3) is 0 Å². The van der Waals surface area contributed by atoms with Gasteiger partial charge < -0.3 is 0 Å². The molecule has 0 radical (unpaired) electrons. The molecular formula is C17H17Br2NO2. The Hall–Kier alpha value is -0.680. The van der Waals surface area contributed by atoms with Crippen molar-refractivity contribution in [3.63, 3.8) is 0 Å². The second-order valence-corrected chi connectivity index (χ2v) is 8.92. The molecule has 0 unspecified atom stereocenters. The summed E-state index contributed by atoms with van der Waals surface area (Å²) in [4.78, 5) is 27.9. The van der Waals surface area contributed by atoms with Crippen molar-refractivity contribution in [1.82, 2.24) is 0 Å². The lowest BCUT2D eigenvalue weighted by atomic mass is 9.81. The zero-order chi connectivity index (χ0) is 15.8. The number of amides is 2. The Kier molecular flexibility index (Phi) is 3.32. The highest BCUT2D eigenvalue weighted by atomic mass is 79.9. The normalized spacial score (nSPS) is 39.7. The molecule has 1 saturated heterocycles. The van der Waals surface area contributed by atoms with Crippen molar-refractivity contribution in [3.05, 3.63) is 29.3 Å². The van der Waals surface area contributed by atoms with E-state index < -0.39 is 0 Å². The van der Waals surface area contributed by atoms with Crippen LogP contribution in [-0.2, 0) is 9.59 Å². The van der Waals surface area contributed by atoms with Crippen molar-refractivity contribution in [1.29, 1.82) is 0 Å². The molecule has 1 heterocycles. The van der Waals surface area contributed by atoms with E-state index in [1.165, 1.54) is 4.90 Å². The number of rotatable bonds is 1. The lowest BCUT2D eigenvalue weighted by Crippen LogP contribution is -2.37. The van der Waals surface area contributed by atoms with Crippen molar-refractivity contribution >= 4 is 49.4 Å². The Balaban J connectivity index is 1.76. The van der Waals surface area contributed by atoms with E-state index in [2.05, 4.69) is 31.9 Å². The van der Waals surface area contributed by atoms with E-state index in [1.54, 1.807) is 0 Å². The quantitative estimate of drug-likeness (QED) is 0.508. The van der Waals surface area contributed by atoms with Crippen molar-refractivity contribution < 1.29 is 9.59 Å². The SMILES string of the molecule is Cc1ccc(N2C(=O)[C@@H]3[C@H]4C[C@@H]([C@@H](Br)[C@H]4Br)[C@H]3C2=O)c(C)c1. The van der Waals surface area contributed by atoms with Gasteiger partial charge in [-0.3, -0.25) is 9.59 Å². The van der Waals surface area contributed by atoms with Gasteiger partial charge in [-0.1, -0.05) is 49.6 Å². The predicted octanol–water partition coefficient (Wildman–Crippen LogP) is 3.59. The zero-order valence-electron chi connectivity index (χ0n) is 12.4. The topological polar surface area (TPSA) is 37.4 Å². The van der Waals surface area contributed by atoms with Crippen LogP contribution in [0.1, 0.15) is 17.5 Å². The number of carbonyl (C=O) groups excluding carboxylic acids is 2. The van der Waals surface area contributed by atoms with Crippen LogP contribution in [-0.4, -0.2) is 21.5 Å². The van der Waals surface area contributed by atoms with Gasteiger partial charge in [0.15, 0.2) is 0 Å². The van der Waals surface area contributed by atoms with Gasteiger partial charge in [0.05, 0.1) is 17.5 Å². The molecule has 2 bridgehead atoms. The van der Waals surface area contributed by atoms with Crippen molar-refractivity contribution in [2.24, 2.45) is 23.7 Å². The number of benzene rings is 1. The first-order valence-corrected chi connectivity index (χ1v) is 9.48. The fraction of sp³-hybridized carbons (Fsp3) is 0.529. The van der Waals surface area contributed by atoms with E-state index in [-0.39, 0.29) is 45.1 Å². The molecule has 1 aromatic rings. The fourth-order valence-electron chi connectivity index (χ4n) is 4.64. The summed E-state index contributed by atoms with van der Waals surface area (Å²) in [6, 6.07) is 5.89. The zero-order valence-corrected chi connectivity index (χ0v) is 15.6. The molecule has 1 aliphatic heterocycles. The van der Waals surface area contributed by atoms with E-state index in [0.29, 0.717) is 0 Å². The van der Waals surface area contributed by atoms with Crippen molar-refractivity contribution in [2.45, 2.75) is 29.9 Å². The van der Waals surface area contributed by atoms with Crippen molar-refractivity contribution in [2.75, 3.05) is 4.90 Å². The van der Waals surface area contributed by atoms with Gasteiger partial charge in [-0.05, 0) is 43.7 Å². The third kappa shape index (κ3) is 1.78. The van der Waals surface area contributed by atoms with Crippen LogP contribution in [0.4, 0.5) is 5.69 Å². The Morgan fingerprint density at radius 2 is 1.55 bits per heavy atom. The molecule has 3 fully saturated rings. The fourth-order valence-corrected chi connectivity index (χ4v) is 6.52. The molecule has 0 aromatic heterocycles. The number of fused-ring (bicyclic) bond motifs is 5. The van der Waals surface area contributed by atoms with Crippen LogP contribution in [0, 0.1) is 37.5 Å².